The third kappa shape index (κ3) is 4.54. The van der Waals surface area contributed by atoms with Crippen molar-refractivity contribution in [3.8, 4) is 5.88 Å². The van der Waals surface area contributed by atoms with E-state index in [9.17, 15) is 4.79 Å². The summed E-state index contributed by atoms with van der Waals surface area (Å²) in [5.74, 6) is 1.27. The fourth-order valence-corrected chi connectivity index (χ4v) is 2.42. The molecule has 1 aromatic rings. The Hall–Kier alpha value is -1.52. The maximum absolute atomic E-state index is 11.8. The van der Waals surface area contributed by atoms with E-state index in [0.717, 1.165) is 12.3 Å². The van der Waals surface area contributed by atoms with Gasteiger partial charge in [-0.2, -0.15) is 4.68 Å². The highest BCUT2D eigenvalue weighted by Gasteiger charge is 2.19. The van der Waals surface area contributed by atoms with E-state index in [-0.39, 0.29) is 0 Å². The third-order valence-electron chi connectivity index (χ3n) is 3.40. The molecule has 0 N–H and O–H groups in total. The van der Waals surface area contributed by atoms with Crippen LogP contribution in [0.5, 0.6) is 5.88 Å². The second-order valence-corrected chi connectivity index (χ2v) is 6.37. The molecule has 0 aliphatic heterocycles. The molecule has 1 saturated carbocycles. The van der Waals surface area contributed by atoms with Gasteiger partial charge in [0.2, 0.25) is 5.88 Å². The van der Waals surface area contributed by atoms with E-state index in [1.54, 1.807) is 12.3 Å². The summed E-state index contributed by atoms with van der Waals surface area (Å²) in [4.78, 5) is 11.8. The van der Waals surface area contributed by atoms with Crippen LogP contribution in [0.1, 0.15) is 52.9 Å². The van der Waals surface area contributed by atoms with Crippen molar-refractivity contribution in [2.45, 2.75) is 58.5 Å². The smallest absolute Gasteiger partial charge is 0.435 e. The van der Waals surface area contributed by atoms with Crippen LogP contribution in [0.25, 0.3) is 0 Å². The Morgan fingerprint density at radius 1 is 1.40 bits per heavy atom. The Kier molecular flexibility index (Phi) is 4.68. The number of aromatic nitrogens is 2. The first-order valence-corrected chi connectivity index (χ1v) is 7.36. The first kappa shape index (κ1) is 14.9. The SMILES string of the molecule is CC(C)(C)OC(=O)n1ccc(OCCC2CCCC2)n1. The number of ether oxygens (including phenoxy) is 2. The Labute approximate surface area is 120 Å². The zero-order valence-corrected chi connectivity index (χ0v) is 12.6. The molecule has 5 nitrogen and oxygen atoms in total. The fraction of sp³-hybridized carbons (Fsp3) is 0.733. The number of nitrogens with zero attached hydrogens (tertiary/aromatic N) is 2. The van der Waals surface area contributed by atoms with Crippen LogP contribution in [0, 0.1) is 5.92 Å². The Morgan fingerprint density at radius 3 is 2.75 bits per heavy atom. The van der Waals surface area contributed by atoms with E-state index >= 15 is 0 Å². The molecule has 2 rings (SSSR count). The lowest BCUT2D eigenvalue weighted by Crippen LogP contribution is -2.27. The van der Waals surface area contributed by atoms with Gasteiger partial charge < -0.3 is 9.47 Å². The van der Waals surface area contributed by atoms with Crippen molar-refractivity contribution in [1.82, 2.24) is 9.78 Å². The zero-order chi connectivity index (χ0) is 14.6. The van der Waals surface area contributed by atoms with E-state index in [4.69, 9.17) is 9.47 Å². The van der Waals surface area contributed by atoms with Crippen LogP contribution < -0.4 is 4.74 Å². The molecule has 0 aromatic carbocycles. The average Bonchev–Trinajstić information content (AvgIpc) is 2.97. The highest BCUT2D eigenvalue weighted by Crippen LogP contribution is 2.27. The van der Waals surface area contributed by atoms with E-state index in [2.05, 4.69) is 5.10 Å². The first-order valence-electron chi connectivity index (χ1n) is 7.36. The normalized spacial score (nSPS) is 16.4. The van der Waals surface area contributed by atoms with Crippen molar-refractivity contribution in [1.29, 1.82) is 0 Å². The number of carbonyl (C=O) groups excluding carboxylic acids is 1. The first-order chi connectivity index (χ1) is 9.44. The molecule has 0 radical (unpaired) electrons. The highest BCUT2D eigenvalue weighted by atomic mass is 16.6. The van der Waals surface area contributed by atoms with Gasteiger partial charge in [0.15, 0.2) is 0 Å². The molecule has 0 amide bonds. The molecule has 1 aromatic heterocycles. The minimum absolute atomic E-state index is 0.480. The lowest BCUT2D eigenvalue weighted by molar-refractivity contribution is 0.0511. The molecular weight excluding hydrogens is 256 g/mol. The molecule has 112 valence electrons. The molecule has 20 heavy (non-hydrogen) atoms. The van der Waals surface area contributed by atoms with Gasteiger partial charge in [0.1, 0.15) is 5.60 Å². The fourth-order valence-electron chi connectivity index (χ4n) is 2.42. The molecule has 1 fully saturated rings. The van der Waals surface area contributed by atoms with Crippen molar-refractivity contribution in [2.75, 3.05) is 6.61 Å². The molecule has 0 atom stereocenters. The standard InChI is InChI=1S/C15H24N2O3/c1-15(2,3)20-14(18)17-10-8-13(16-17)19-11-9-12-6-4-5-7-12/h8,10,12H,4-7,9,11H2,1-3H3. The van der Waals surface area contributed by atoms with Gasteiger partial charge in [0.05, 0.1) is 6.61 Å². The summed E-state index contributed by atoms with van der Waals surface area (Å²) in [6.07, 6.45) is 7.47. The van der Waals surface area contributed by atoms with Crippen LogP contribution >= 0.6 is 0 Å². The number of hydrogen-bond acceptors (Lipinski definition) is 4. The van der Waals surface area contributed by atoms with Crippen molar-refractivity contribution in [3.05, 3.63) is 12.3 Å². The predicted octanol–water partition coefficient (Wildman–Crippen LogP) is 3.63. The molecule has 5 heteroatoms. The lowest BCUT2D eigenvalue weighted by Gasteiger charge is -2.18. The second-order valence-electron chi connectivity index (χ2n) is 6.37. The van der Waals surface area contributed by atoms with Gasteiger partial charge in [-0.1, -0.05) is 25.7 Å². The maximum atomic E-state index is 11.8. The van der Waals surface area contributed by atoms with E-state index in [1.807, 2.05) is 20.8 Å². The molecule has 1 aliphatic carbocycles. The summed E-state index contributed by atoms with van der Waals surface area (Å²) in [6.45, 7) is 6.14. The molecule has 0 spiro atoms. The van der Waals surface area contributed by atoms with Crippen LogP contribution in [0.15, 0.2) is 12.3 Å². The summed E-state index contributed by atoms with van der Waals surface area (Å²) >= 11 is 0. The largest absolute Gasteiger partial charge is 0.477 e. The van der Waals surface area contributed by atoms with Gasteiger partial charge in [-0.3, -0.25) is 0 Å². The van der Waals surface area contributed by atoms with E-state index < -0.39 is 11.7 Å². The summed E-state index contributed by atoms with van der Waals surface area (Å²) in [6, 6.07) is 1.69. The number of hydrogen-bond donors (Lipinski definition) is 0. The molecule has 1 heterocycles. The topological polar surface area (TPSA) is 53.4 Å². The van der Waals surface area contributed by atoms with Crippen molar-refractivity contribution < 1.29 is 14.3 Å². The van der Waals surface area contributed by atoms with Crippen molar-refractivity contribution in [2.24, 2.45) is 5.92 Å². The van der Waals surface area contributed by atoms with Gasteiger partial charge in [-0.15, -0.1) is 5.10 Å². The van der Waals surface area contributed by atoms with Gasteiger partial charge in [0, 0.05) is 12.3 Å². The third-order valence-corrected chi connectivity index (χ3v) is 3.40. The van der Waals surface area contributed by atoms with Crippen molar-refractivity contribution >= 4 is 6.09 Å². The molecule has 0 bridgehead atoms. The Bertz CT molecular complexity index is 442. The zero-order valence-electron chi connectivity index (χ0n) is 12.6. The number of carbonyl (C=O) groups is 1. The summed E-state index contributed by atoms with van der Waals surface area (Å²) in [5, 5.41) is 4.08. The summed E-state index contributed by atoms with van der Waals surface area (Å²) < 4.78 is 12.0. The monoisotopic (exact) mass is 280 g/mol. The van der Waals surface area contributed by atoms with Crippen LogP contribution in [0.4, 0.5) is 4.79 Å². The minimum Gasteiger partial charge on any atom is -0.477 e. The molecule has 0 unspecified atom stereocenters. The van der Waals surface area contributed by atoms with Crippen LogP contribution in [0.3, 0.4) is 0 Å². The highest BCUT2D eigenvalue weighted by molar-refractivity contribution is 5.69. The molecule has 1 aliphatic rings. The van der Waals surface area contributed by atoms with Gasteiger partial charge in [-0.25, -0.2) is 4.79 Å². The minimum atomic E-state index is -0.521. The van der Waals surface area contributed by atoms with Crippen LogP contribution in [-0.4, -0.2) is 28.1 Å². The quantitative estimate of drug-likeness (QED) is 0.845. The van der Waals surface area contributed by atoms with Gasteiger partial charge in [0.25, 0.3) is 0 Å². The van der Waals surface area contributed by atoms with Crippen molar-refractivity contribution in [3.63, 3.8) is 0 Å². The lowest BCUT2D eigenvalue weighted by atomic mass is 10.1. The van der Waals surface area contributed by atoms with E-state index in [0.29, 0.717) is 12.5 Å². The van der Waals surface area contributed by atoms with Gasteiger partial charge >= 0.3 is 6.09 Å². The summed E-state index contributed by atoms with van der Waals surface area (Å²) in [7, 11) is 0. The van der Waals surface area contributed by atoms with Crippen LogP contribution in [-0.2, 0) is 4.74 Å². The molecular formula is C15H24N2O3. The molecule has 0 saturated heterocycles. The maximum Gasteiger partial charge on any atom is 0.435 e. The predicted molar refractivity (Wildman–Crippen MR) is 75.9 cm³/mol. The summed E-state index contributed by atoms with van der Waals surface area (Å²) in [5.41, 5.74) is -0.521. The second kappa shape index (κ2) is 6.29. The average molecular weight is 280 g/mol. The van der Waals surface area contributed by atoms with Crippen LogP contribution in [0.2, 0.25) is 0 Å². The van der Waals surface area contributed by atoms with E-state index in [1.165, 1.54) is 30.4 Å². The Morgan fingerprint density at radius 2 is 2.10 bits per heavy atom. The Balaban J connectivity index is 1.78. The number of rotatable bonds is 4. The van der Waals surface area contributed by atoms with Gasteiger partial charge in [-0.05, 0) is 33.1 Å².